The van der Waals surface area contributed by atoms with Crippen LogP contribution in [0.1, 0.15) is 46.1 Å². The number of nitrogens with zero attached hydrogens (tertiary/aromatic N) is 3. The molecule has 7 nitrogen and oxygen atoms in total. The summed E-state index contributed by atoms with van der Waals surface area (Å²) < 4.78 is 0. The van der Waals surface area contributed by atoms with Crippen molar-refractivity contribution >= 4 is 17.6 Å². The van der Waals surface area contributed by atoms with E-state index < -0.39 is 5.41 Å². The average molecular weight is 399 g/mol. The molecular formula is C22H34N6O. The summed E-state index contributed by atoms with van der Waals surface area (Å²) in [6, 6.07) is 10.3. The molecule has 7 heteroatoms. The number of carbonyl (C=O) groups is 1. The maximum absolute atomic E-state index is 12.0. The Hall–Kier alpha value is -2.75. The highest BCUT2D eigenvalue weighted by Crippen LogP contribution is 2.23. The van der Waals surface area contributed by atoms with E-state index >= 15 is 0 Å². The Morgan fingerprint density at radius 1 is 1.31 bits per heavy atom. The van der Waals surface area contributed by atoms with E-state index in [1.807, 2.05) is 52.0 Å². The smallest absolute Gasteiger partial charge is 0.225 e. The zero-order chi connectivity index (χ0) is 21.3. The number of nitrogens with one attached hydrogen (secondary N) is 3. The summed E-state index contributed by atoms with van der Waals surface area (Å²) in [5.74, 6) is 0.794. The van der Waals surface area contributed by atoms with Crippen LogP contribution >= 0.6 is 0 Å². The molecule has 1 unspecified atom stereocenters. The van der Waals surface area contributed by atoms with Crippen molar-refractivity contribution in [2.45, 2.75) is 46.6 Å². The van der Waals surface area contributed by atoms with Crippen molar-refractivity contribution in [1.82, 2.24) is 16.0 Å². The first-order chi connectivity index (χ1) is 13.8. The molecule has 0 aromatic heterocycles. The van der Waals surface area contributed by atoms with Crippen molar-refractivity contribution in [3.63, 3.8) is 0 Å². The minimum atomic E-state index is -0.391. The lowest BCUT2D eigenvalue weighted by molar-refractivity contribution is -0.128. The molecule has 1 saturated heterocycles. The molecule has 0 spiro atoms. The van der Waals surface area contributed by atoms with Crippen LogP contribution in [-0.2, 0) is 4.79 Å². The van der Waals surface area contributed by atoms with E-state index in [2.05, 4.69) is 31.9 Å². The lowest BCUT2D eigenvalue weighted by atomic mass is 9.96. The Morgan fingerprint density at radius 3 is 2.76 bits per heavy atom. The fourth-order valence-corrected chi connectivity index (χ4v) is 3.27. The standard InChI is InChI=1S/C22H34N6O/c1-5-24-21(26-13-12-25-20(29)22(2,3)4)27-18-10-8-14-28(16-18)19-11-7-6-9-17(19)15-23/h6-7,9,11,18H,5,8,10,12-14,16H2,1-4H3,(H,25,29)(H2,24,26,27). The van der Waals surface area contributed by atoms with Gasteiger partial charge in [0.25, 0.3) is 0 Å². The monoisotopic (exact) mass is 398 g/mol. The SMILES string of the molecule is CCNC(=NCCNC(=O)C(C)(C)C)NC1CCCN(c2ccccc2C#N)C1. The molecule has 0 aliphatic carbocycles. The van der Waals surface area contributed by atoms with Crippen molar-refractivity contribution in [3.8, 4) is 6.07 Å². The number of nitriles is 1. The van der Waals surface area contributed by atoms with Gasteiger partial charge in [0, 0.05) is 37.6 Å². The molecule has 3 N–H and O–H groups in total. The van der Waals surface area contributed by atoms with Crippen LogP contribution in [0.3, 0.4) is 0 Å². The van der Waals surface area contributed by atoms with Gasteiger partial charge in [-0.15, -0.1) is 0 Å². The highest BCUT2D eigenvalue weighted by Gasteiger charge is 2.23. The van der Waals surface area contributed by atoms with Crippen LogP contribution in [0.2, 0.25) is 0 Å². The molecule has 1 aliphatic heterocycles. The normalized spacial score (nSPS) is 17.4. The molecule has 1 heterocycles. The summed E-state index contributed by atoms with van der Waals surface area (Å²) in [6.07, 6.45) is 2.11. The van der Waals surface area contributed by atoms with E-state index in [0.717, 1.165) is 44.1 Å². The lowest BCUT2D eigenvalue weighted by Gasteiger charge is -2.35. The Kier molecular flexibility index (Phi) is 8.32. The third kappa shape index (κ3) is 6.97. The lowest BCUT2D eigenvalue weighted by Crippen LogP contribution is -2.51. The van der Waals surface area contributed by atoms with Crippen LogP contribution < -0.4 is 20.9 Å². The number of guanidine groups is 1. The Balaban J connectivity index is 1.94. The van der Waals surface area contributed by atoms with E-state index in [1.165, 1.54) is 0 Å². The summed E-state index contributed by atoms with van der Waals surface area (Å²) in [4.78, 5) is 18.8. The van der Waals surface area contributed by atoms with Gasteiger partial charge in [-0.05, 0) is 31.9 Å². The maximum Gasteiger partial charge on any atom is 0.225 e. The van der Waals surface area contributed by atoms with Gasteiger partial charge in [0.15, 0.2) is 5.96 Å². The Morgan fingerprint density at radius 2 is 2.07 bits per heavy atom. The Bertz CT molecular complexity index is 746. The van der Waals surface area contributed by atoms with E-state index in [1.54, 1.807) is 0 Å². The van der Waals surface area contributed by atoms with Crippen LogP contribution in [0.5, 0.6) is 0 Å². The van der Waals surface area contributed by atoms with Crippen LogP contribution in [-0.4, -0.2) is 50.6 Å². The fourth-order valence-electron chi connectivity index (χ4n) is 3.27. The van der Waals surface area contributed by atoms with Crippen molar-refractivity contribution in [2.75, 3.05) is 37.6 Å². The number of benzene rings is 1. The van der Waals surface area contributed by atoms with Crippen molar-refractivity contribution in [3.05, 3.63) is 29.8 Å². The number of carbonyl (C=O) groups excluding carboxylic acids is 1. The molecule has 29 heavy (non-hydrogen) atoms. The first kappa shape index (κ1) is 22.5. The zero-order valence-electron chi connectivity index (χ0n) is 18.1. The topological polar surface area (TPSA) is 92.5 Å². The second-order valence-electron chi connectivity index (χ2n) is 8.33. The molecule has 0 bridgehead atoms. The summed E-state index contributed by atoms with van der Waals surface area (Å²) in [5.41, 5.74) is 1.31. The van der Waals surface area contributed by atoms with Gasteiger partial charge >= 0.3 is 0 Å². The van der Waals surface area contributed by atoms with Crippen LogP contribution in [0, 0.1) is 16.7 Å². The Labute approximate surface area is 174 Å². The zero-order valence-corrected chi connectivity index (χ0v) is 18.1. The van der Waals surface area contributed by atoms with Crippen molar-refractivity contribution in [2.24, 2.45) is 10.4 Å². The molecule has 2 rings (SSSR count). The quantitative estimate of drug-likeness (QED) is 0.388. The van der Waals surface area contributed by atoms with E-state index in [9.17, 15) is 10.1 Å². The highest BCUT2D eigenvalue weighted by molar-refractivity contribution is 5.81. The second kappa shape index (κ2) is 10.7. The summed E-state index contributed by atoms with van der Waals surface area (Å²) in [5, 5.41) is 19.1. The molecule has 1 aliphatic rings. The summed E-state index contributed by atoms with van der Waals surface area (Å²) >= 11 is 0. The predicted molar refractivity (Wildman–Crippen MR) is 118 cm³/mol. The van der Waals surface area contributed by atoms with Crippen LogP contribution in [0.25, 0.3) is 0 Å². The molecule has 1 aromatic rings. The number of para-hydroxylation sites is 1. The van der Waals surface area contributed by atoms with E-state index in [4.69, 9.17) is 0 Å². The summed E-state index contributed by atoms with van der Waals surface area (Å²) in [6.45, 7) is 11.3. The number of hydrogen-bond acceptors (Lipinski definition) is 4. The van der Waals surface area contributed by atoms with Crippen LogP contribution in [0.4, 0.5) is 5.69 Å². The third-order valence-electron chi connectivity index (χ3n) is 4.82. The molecule has 1 aromatic carbocycles. The van der Waals surface area contributed by atoms with Gasteiger partial charge in [-0.25, -0.2) is 0 Å². The average Bonchev–Trinajstić information content (AvgIpc) is 2.70. The number of rotatable bonds is 6. The van der Waals surface area contributed by atoms with Gasteiger partial charge in [0.1, 0.15) is 6.07 Å². The highest BCUT2D eigenvalue weighted by atomic mass is 16.2. The van der Waals surface area contributed by atoms with Crippen molar-refractivity contribution in [1.29, 1.82) is 5.26 Å². The first-order valence-electron chi connectivity index (χ1n) is 10.4. The van der Waals surface area contributed by atoms with Gasteiger partial charge in [-0.3, -0.25) is 9.79 Å². The molecule has 158 valence electrons. The number of amides is 1. The third-order valence-corrected chi connectivity index (χ3v) is 4.82. The molecule has 1 atom stereocenters. The largest absolute Gasteiger partial charge is 0.368 e. The van der Waals surface area contributed by atoms with E-state index in [0.29, 0.717) is 18.7 Å². The number of hydrogen-bond donors (Lipinski definition) is 3. The van der Waals surface area contributed by atoms with Gasteiger partial charge in [0.05, 0.1) is 17.8 Å². The van der Waals surface area contributed by atoms with Gasteiger partial charge in [-0.2, -0.15) is 5.26 Å². The predicted octanol–water partition coefficient (Wildman–Crippen LogP) is 2.24. The minimum Gasteiger partial charge on any atom is -0.368 e. The number of aliphatic imine (C=N–C) groups is 1. The maximum atomic E-state index is 12.0. The molecule has 1 fully saturated rings. The van der Waals surface area contributed by atoms with E-state index in [-0.39, 0.29) is 11.9 Å². The molecule has 1 amide bonds. The molecule has 0 radical (unpaired) electrons. The van der Waals surface area contributed by atoms with Crippen molar-refractivity contribution < 1.29 is 4.79 Å². The van der Waals surface area contributed by atoms with Crippen LogP contribution in [0.15, 0.2) is 29.3 Å². The fraction of sp³-hybridized carbons (Fsp3) is 0.591. The summed E-state index contributed by atoms with van der Waals surface area (Å²) in [7, 11) is 0. The minimum absolute atomic E-state index is 0.0322. The number of piperidine rings is 1. The van der Waals surface area contributed by atoms with Gasteiger partial charge in [-0.1, -0.05) is 32.9 Å². The number of anilines is 1. The van der Waals surface area contributed by atoms with Gasteiger partial charge in [0.2, 0.25) is 5.91 Å². The van der Waals surface area contributed by atoms with Gasteiger partial charge < -0.3 is 20.9 Å². The molecular weight excluding hydrogens is 364 g/mol. The second-order valence-corrected chi connectivity index (χ2v) is 8.33. The first-order valence-corrected chi connectivity index (χ1v) is 10.4. The molecule has 0 saturated carbocycles.